The highest BCUT2D eigenvalue weighted by Crippen LogP contribution is 2.52. The van der Waals surface area contributed by atoms with Gasteiger partial charge in [-0.05, 0) is 145 Å². The van der Waals surface area contributed by atoms with E-state index in [1.54, 1.807) is 0 Å². The molecule has 0 unspecified atom stereocenters. The molecule has 366 valence electrons. The minimum absolute atomic E-state index is 0.0122. The van der Waals surface area contributed by atoms with Crippen molar-refractivity contribution in [3.8, 4) is 16.8 Å². The van der Waals surface area contributed by atoms with Crippen LogP contribution in [-0.2, 0) is 27.1 Å². The lowest BCUT2D eigenvalue weighted by Gasteiger charge is -2.42. The standard InChI is InChI=1S/C68H70BN3O/c1-64(2,3)41-20-28-46(29-21-41)70(47-30-22-42(23-31-47)65(4,5)6)49-34-35-53-56(40-49)71-54-36-26-44(67(10,11)12)38-51(54)58-59-50-18-16-17-19-57(50)73-63(59)60-52-39-45(68(13,14)15)27-37-55(52)72(69(53)61(60)62(58)71)48-32-24-43(25-33-48)66(7,8)9/h16-40H,1-15H3. The van der Waals surface area contributed by atoms with Crippen LogP contribution in [0.2, 0.25) is 0 Å². The Hall–Kier alpha value is -6.98. The van der Waals surface area contributed by atoms with E-state index in [1.807, 2.05) is 0 Å². The summed E-state index contributed by atoms with van der Waals surface area (Å²) in [5.74, 6) is 0. The van der Waals surface area contributed by atoms with Crippen LogP contribution < -0.4 is 20.6 Å². The molecule has 12 rings (SSSR count). The molecule has 0 amide bonds. The number of furan rings is 1. The zero-order chi connectivity index (χ0) is 51.5. The van der Waals surface area contributed by atoms with Crippen LogP contribution >= 0.6 is 0 Å². The molecule has 10 aromatic rings. The van der Waals surface area contributed by atoms with Crippen molar-refractivity contribution in [1.82, 2.24) is 4.57 Å². The number of benzene rings is 8. The van der Waals surface area contributed by atoms with Gasteiger partial charge in [0.25, 0.3) is 0 Å². The van der Waals surface area contributed by atoms with Gasteiger partial charge >= 0.3 is 6.85 Å². The third-order valence-electron chi connectivity index (χ3n) is 16.2. The fraction of sp³-hybridized carbons (Fsp3) is 0.294. The van der Waals surface area contributed by atoms with Crippen molar-refractivity contribution in [2.45, 2.75) is 131 Å². The normalized spacial score (nSPS) is 13.9. The molecule has 4 heterocycles. The summed E-state index contributed by atoms with van der Waals surface area (Å²) in [4.78, 5) is 5.11. The van der Waals surface area contributed by atoms with E-state index < -0.39 is 0 Å². The minimum Gasteiger partial charge on any atom is -0.455 e. The fourth-order valence-corrected chi connectivity index (χ4v) is 11.9. The van der Waals surface area contributed by atoms with Gasteiger partial charge in [0.05, 0.1) is 11.0 Å². The summed E-state index contributed by atoms with van der Waals surface area (Å²) in [7, 11) is 0. The molecule has 0 aliphatic carbocycles. The molecular weight excluding hydrogens is 886 g/mol. The SMILES string of the molecule is CC(C)(C)c1ccc(N2B3c4ccc(N(c5ccc(C(C)(C)C)cc5)c5ccc(C(C)(C)C)cc5)cc4-n4c5ccc(C(C)(C)C)cc5c5c6c(oc7ccccc76)c(c3c54)-c3cc(C(C)(C)C)ccc32)cc1. The van der Waals surface area contributed by atoms with Crippen LogP contribution in [0.25, 0.3) is 60.6 Å². The van der Waals surface area contributed by atoms with Gasteiger partial charge in [0, 0.05) is 66.8 Å². The summed E-state index contributed by atoms with van der Waals surface area (Å²) in [5.41, 5.74) is 22.7. The van der Waals surface area contributed by atoms with E-state index in [0.717, 1.165) is 33.6 Å². The number of para-hydroxylation sites is 1. The Morgan fingerprint density at radius 2 is 0.945 bits per heavy atom. The summed E-state index contributed by atoms with van der Waals surface area (Å²) >= 11 is 0. The van der Waals surface area contributed by atoms with Crippen molar-refractivity contribution in [1.29, 1.82) is 0 Å². The number of rotatable bonds is 4. The predicted octanol–water partition coefficient (Wildman–Crippen LogP) is 17.9. The first-order chi connectivity index (χ1) is 34.4. The van der Waals surface area contributed by atoms with E-state index in [2.05, 4.69) is 270 Å². The van der Waals surface area contributed by atoms with Gasteiger partial charge in [-0.3, -0.25) is 0 Å². The largest absolute Gasteiger partial charge is 0.455 e. The monoisotopic (exact) mass is 956 g/mol. The van der Waals surface area contributed by atoms with Gasteiger partial charge < -0.3 is 18.7 Å². The third-order valence-corrected chi connectivity index (χ3v) is 16.2. The second-order valence-electron chi connectivity index (χ2n) is 26.4. The maximum absolute atomic E-state index is 7.32. The lowest BCUT2D eigenvalue weighted by atomic mass is 9.43. The Bertz CT molecular complexity index is 3790. The van der Waals surface area contributed by atoms with Crippen LogP contribution in [0.1, 0.15) is 132 Å². The topological polar surface area (TPSA) is 24.6 Å². The van der Waals surface area contributed by atoms with E-state index in [1.165, 1.54) is 94.1 Å². The average molecular weight is 956 g/mol. The maximum Gasteiger partial charge on any atom is 0.333 e. The lowest BCUT2D eigenvalue weighted by molar-refractivity contribution is 0.590. The average Bonchev–Trinajstić information content (AvgIpc) is 3.89. The van der Waals surface area contributed by atoms with E-state index in [-0.39, 0.29) is 33.9 Å². The van der Waals surface area contributed by atoms with Crippen molar-refractivity contribution in [3.05, 3.63) is 179 Å². The number of nitrogens with zero attached hydrogens (tertiary/aromatic N) is 3. The Morgan fingerprint density at radius 3 is 1.52 bits per heavy atom. The zero-order valence-electron chi connectivity index (χ0n) is 45.8. The molecular formula is C68H70BN3O. The maximum atomic E-state index is 7.32. The van der Waals surface area contributed by atoms with Crippen molar-refractivity contribution < 1.29 is 4.42 Å². The molecule has 0 saturated carbocycles. The van der Waals surface area contributed by atoms with Crippen LogP contribution in [0.4, 0.5) is 28.4 Å². The van der Waals surface area contributed by atoms with Crippen molar-refractivity contribution >= 4 is 90.0 Å². The summed E-state index contributed by atoms with van der Waals surface area (Å²) in [6, 6.07) is 58.4. The van der Waals surface area contributed by atoms with Crippen LogP contribution in [0.15, 0.2) is 156 Å². The highest BCUT2D eigenvalue weighted by Gasteiger charge is 2.46. The predicted molar refractivity (Wildman–Crippen MR) is 315 cm³/mol. The van der Waals surface area contributed by atoms with Crippen LogP contribution in [0.3, 0.4) is 0 Å². The van der Waals surface area contributed by atoms with Gasteiger partial charge in [-0.25, -0.2) is 0 Å². The highest BCUT2D eigenvalue weighted by atomic mass is 16.3. The van der Waals surface area contributed by atoms with Gasteiger partial charge in [0.15, 0.2) is 0 Å². The molecule has 73 heavy (non-hydrogen) atoms. The molecule has 0 saturated heterocycles. The van der Waals surface area contributed by atoms with Gasteiger partial charge in [-0.15, -0.1) is 0 Å². The molecule has 2 aliphatic rings. The van der Waals surface area contributed by atoms with E-state index in [4.69, 9.17) is 4.42 Å². The molecule has 5 heteroatoms. The van der Waals surface area contributed by atoms with Gasteiger partial charge in [-0.2, -0.15) is 0 Å². The van der Waals surface area contributed by atoms with E-state index in [9.17, 15) is 0 Å². The van der Waals surface area contributed by atoms with E-state index in [0.29, 0.717) is 0 Å². The highest BCUT2D eigenvalue weighted by molar-refractivity contribution is 6.94. The van der Waals surface area contributed by atoms with Gasteiger partial charge in [-0.1, -0.05) is 177 Å². The van der Waals surface area contributed by atoms with Gasteiger partial charge in [0.1, 0.15) is 11.2 Å². The van der Waals surface area contributed by atoms with Crippen molar-refractivity contribution in [2.75, 3.05) is 9.71 Å². The van der Waals surface area contributed by atoms with E-state index >= 15 is 0 Å². The number of hydrogen-bond donors (Lipinski definition) is 0. The fourth-order valence-electron chi connectivity index (χ4n) is 11.9. The zero-order valence-corrected chi connectivity index (χ0v) is 45.8. The molecule has 0 bridgehead atoms. The second-order valence-corrected chi connectivity index (χ2v) is 26.4. The molecule has 2 aromatic heterocycles. The molecule has 0 radical (unpaired) electrons. The Labute approximate surface area is 433 Å². The molecule has 0 atom stereocenters. The van der Waals surface area contributed by atoms with Crippen LogP contribution in [-0.4, -0.2) is 11.4 Å². The Balaban J connectivity index is 1.24. The number of hydrogen-bond acceptors (Lipinski definition) is 3. The first-order valence-electron chi connectivity index (χ1n) is 26.5. The third kappa shape index (κ3) is 7.38. The Kier molecular flexibility index (Phi) is 10.2. The van der Waals surface area contributed by atoms with Crippen LogP contribution in [0, 0.1) is 0 Å². The summed E-state index contributed by atoms with van der Waals surface area (Å²) in [5, 5.41) is 4.84. The summed E-state index contributed by atoms with van der Waals surface area (Å²) in [6.45, 7) is 34.4. The second kappa shape index (κ2) is 15.8. The molecule has 4 nitrogen and oxygen atoms in total. The summed E-state index contributed by atoms with van der Waals surface area (Å²) < 4.78 is 9.96. The Morgan fingerprint density at radius 1 is 0.438 bits per heavy atom. The molecule has 0 spiro atoms. The first kappa shape index (κ1) is 47.1. The lowest BCUT2D eigenvalue weighted by Crippen LogP contribution is -2.60. The van der Waals surface area contributed by atoms with Crippen LogP contribution in [0.5, 0.6) is 0 Å². The van der Waals surface area contributed by atoms with Gasteiger partial charge in [0.2, 0.25) is 0 Å². The minimum atomic E-state index is -0.183. The summed E-state index contributed by atoms with van der Waals surface area (Å²) in [6.07, 6.45) is 0. The molecule has 0 fully saturated rings. The number of aromatic nitrogens is 1. The number of fused-ring (bicyclic) bond motifs is 13. The first-order valence-corrected chi connectivity index (χ1v) is 26.5. The molecule has 2 aliphatic heterocycles. The molecule has 8 aromatic carbocycles. The molecule has 0 N–H and O–H groups in total. The van der Waals surface area contributed by atoms with Crippen molar-refractivity contribution in [2.24, 2.45) is 0 Å². The quantitative estimate of drug-likeness (QED) is 0.164. The smallest absolute Gasteiger partial charge is 0.333 e. The van der Waals surface area contributed by atoms with Crippen molar-refractivity contribution in [3.63, 3.8) is 0 Å². The number of anilines is 5.